The molecule has 0 radical (unpaired) electrons. The van der Waals surface area contributed by atoms with Crippen LogP contribution in [0.15, 0.2) is 42.5 Å². The van der Waals surface area contributed by atoms with Gasteiger partial charge in [0.2, 0.25) is 0 Å². The Balaban J connectivity index is 2.17. The molecule has 0 saturated carbocycles. The minimum atomic E-state index is -0.311. The summed E-state index contributed by atoms with van der Waals surface area (Å²) in [5.74, 6) is -0.148. The lowest BCUT2D eigenvalue weighted by molar-refractivity contribution is 0.0600. The predicted molar refractivity (Wildman–Crippen MR) is 74.1 cm³/mol. The fraction of sp³-hybridized carbons (Fsp3) is 0.188. The molecule has 0 saturated heterocycles. The second-order valence-electron chi connectivity index (χ2n) is 4.67. The molecule has 1 aliphatic carbocycles. The largest absolute Gasteiger partial charge is 0.465 e. The van der Waals surface area contributed by atoms with Gasteiger partial charge in [0.05, 0.1) is 12.7 Å². The molecule has 3 rings (SSSR count). The molecule has 2 N–H and O–H groups in total. The third-order valence-corrected chi connectivity index (χ3v) is 3.71. The summed E-state index contributed by atoms with van der Waals surface area (Å²) in [5, 5.41) is 0. The zero-order chi connectivity index (χ0) is 13.4. The standard InChI is InChI=1S/C16H15NO2/c1-19-16(18)10-6-7-13-11-4-2-3-5-12(11)15(9-17)14(13)8-10/h2-8,15H,9,17H2,1H3. The number of ether oxygens (including phenoxy) is 1. The molecule has 0 heterocycles. The first-order valence-electron chi connectivity index (χ1n) is 6.28. The van der Waals surface area contributed by atoms with Crippen molar-refractivity contribution < 1.29 is 9.53 Å². The van der Waals surface area contributed by atoms with Crippen LogP contribution in [0.4, 0.5) is 0 Å². The highest BCUT2D eigenvalue weighted by atomic mass is 16.5. The van der Waals surface area contributed by atoms with E-state index in [1.807, 2.05) is 24.3 Å². The fourth-order valence-corrected chi connectivity index (χ4v) is 2.81. The van der Waals surface area contributed by atoms with Crippen LogP contribution in [0.1, 0.15) is 27.4 Å². The van der Waals surface area contributed by atoms with Gasteiger partial charge < -0.3 is 10.5 Å². The van der Waals surface area contributed by atoms with Gasteiger partial charge in [0.25, 0.3) is 0 Å². The van der Waals surface area contributed by atoms with Crippen LogP contribution in [0.5, 0.6) is 0 Å². The van der Waals surface area contributed by atoms with Crippen molar-refractivity contribution in [2.75, 3.05) is 13.7 Å². The molecule has 1 aliphatic rings. The van der Waals surface area contributed by atoms with E-state index in [2.05, 4.69) is 12.1 Å². The minimum absolute atomic E-state index is 0.163. The van der Waals surface area contributed by atoms with Crippen molar-refractivity contribution >= 4 is 5.97 Å². The quantitative estimate of drug-likeness (QED) is 0.837. The van der Waals surface area contributed by atoms with E-state index in [-0.39, 0.29) is 11.9 Å². The first-order valence-corrected chi connectivity index (χ1v) is 6.28. The van der Waals surface area contributed by atoms with Crippen molar-refractivity contribution in [3.8, 4) is 11.1 Å². The van der Waals surface area contributed by atoms with E-state index in [1.165, 1.54) is 23.8 Å². The van der Waals surface area contributed by atoms with Crippen LogP contribution in [0.3, 0.4) is 0 Å². The fourth-order valence-electron chi connectivity index (χ4n) is 2.81. The number of rotatable bonds is 2. The Morgan fingerprint density at radius 3 is 2.63 bits per heavy atom. The summed E-state index contributed by atoms with van der Waals surface area (Å²) in [6.45, 7) is 0.536. The van der Waals surface area contributed by atoms with Gasteiger partial charge in [-0.1, -0.05) is 30.3 Å². The molecule has 0 bridgehead atoms. The normalized spacial score (nSPS) is 15.8. The van der Waals surface area contributed by atoms with Crippen LogP contribution < -0.4 is 5.73 Å². The van der Waals surface area contributed by atoms with E-state index in [9.17, 15) is 4.79 Å². The van der Waals surface area contributed by atoms with Crippen molar-refractivity contribution in [1.82, 2.24) is 0 Å². The van der Waals surface area contributed by atoms with Gasteiger partial charge in [0.1, 0.15) is 0 Å². The first-order chi connectivity index (χ1) is 9.26. The maximum Gasteiger partial charge on any atom is 0.337 e. The highest BCUT2D eigenvalue weighted by Gasteiger charge is 2.28. The molecule has 1 atom stereocenters. The summed E-state index contributed by atoms with van der Waals surface area (Å²) in [5.41, 5.74) is 11.2. The maximum absolute atomic E-state index is 11.6. The lowest BCUT2D eigenvalue weighted by Crippen LogP contribution is -2.12. The topological polar surface area (TPSA) is 52.3 Å². The smallest absolute Gasteiger partial charge is 0.337 e. The van der Waals surface area contributed by atoms with E-state index >= 15 is 0 Å². The van der Waals surface area contributed by atoms with E-state index in [0.717, 1.165) is 5.56 Å². The monoisotopic (exact) mass is 253 g/mol. The number of nitrogens with two attached hydrogens (primary N) is 1. The van der Waals surface area contributed by atoms with Crippen LogP contribution in [-0.4, -0.2) is 19.6 Å². The molecule has 2 aromatic rings. The first kappa shape index (κ1) is 11.9. The molecule has 2 aromatic carbocycles. The third kappa shape index (κ3) is 1.74. The highest BCUT2D eigenvalue weighted by Crippen LogP contribution is 2.44. The van der Waals surface area contributed by atoms with Gasteiger partial charge in [-0.2, -0.15) is 0 Å². The third-order valence-electron chi connectivity index (χ3n) is 3.71. The Labute approximate surface area is 112 Å². The molecule has 3 heteroatoms. The Kier molecular flexibility index (Phi) is 2.84. The van der Waals surface area contributed by atoms with Crippen molar-refractivity contribution in [1.29, 1.82) is 0 Å². The molecule has 0 aromatic heterocycles. The van der Waals surface area contributed by atoms with Crippen LogP contribution in [0.25, 0.3) is 11.1 Å². The summed E-state index contributed by atoms with van der Waals surface area (Å²) in [6.07, 6.45) is 0. The molecule has 0 fully saturated rings. The van der Waals surface area contributed by atoms with Gasteiger partial charge in [-0.15, -0.1) is 0 Å². The van der Waals surface area contributed by atoms with Gasteiger partial charge in [-0.05, 0) is 34.4 Å². The second kappa shape index (κ2) is 4.52. The Hall–Kier alpha value is -2.13. The molecular weight excluding hydrogens is 238 g/mol. The molecule has 0 spiro atoms. The number of carbonyl (C=O) groups is 1. The molecule has 96 valence electrons. The van der Waals surface area contributed by atoms with Crippen molar-refractivity contribution in [3.05, 3.63) is 59.2 Å². The molecule has 1 unspecified atom stereocenters. The summed E-state index contributed by atoms with van der Waals surface area (Å²) < 4.78 is 4.77. The SMILES string of the molecule is COC(=O)c1ccc2c(c1)C(CN)c1ccccc1-2. The van der Waals surface area contributed by atoms with Gasteiger partial charge in [-0.3, -0.25) is 0 Å². The maximum atomic E-state index is 11.6. The van der Waals surface area contributed by atoms with E-state index in [1.54, 1.807) is 6.07 Å². The Morgan fingerprint density at radius 2 is 1.89 bits per heavy atom. The second-order valence-corrected chi connectivity index (χ2v) is 4.67. The lowest BCUT2D eigenvalue weighted by atomic mass is 9.96. The molecular formula is C16H15NO2. The van der Waals surface area contributed by atoms with Crippen LogP contribution in [-0.2, 0) is 4.74 Å². The van der Waals surface area contributed by atoms with E-state index in [0.29, 0.717) is 12.1 Å². The molecule has 19 heavy (non-hydrogen) atoms. The highest BCUT2D eigenvalue weighted by molar-refractivity contribution is 5.92. The predicted octanol–water partition coefficient (Wildman–Crippen LogP) is 2.54. The summed E-state index contributed by atoms with van der Waals surface area (Å²) in [7, 11) is 1.39. The Bertz CT molecular complexity index is 649. The van der Waals surface area contributed by atoms with E-state index in [4.69, 9.17) is 10.5 Å². The van der Waals surface area contributed by atoms with Crippen LogP contribution in [0.2, 0.25) is 0 Å². The molecule has 3 nitrogen and oxygen atoms in total. The summed E-state index contributed by atoms with van der Waals surface area (Å²) in [6, 6.07) is 13.9. The van der Waals surface area contributed by atoms with Gasteiger partial charge in [0, 0.05) is 12.5 Å². The van der Waals surface area contributed by atoms with Crippen LogP contribution >= 0.6 is 0 Å². The Morgan fingerprint density at radius 1 is 1.16 bits per heavy atom. The number of methoxy groups -OCH3 is 1. The van der Waals surface area contributed by atoms with Crippen molar-refractivity contribution in [2.45, 2.75) is 5.92 Å². The number of hydrogen-bond acceptors (Lipinski definition) is 3. The van der Waals surface area contributed by atoms with Crippen molar-refractivity contribution in [3.63, 3.8) is 0 Å². The summed E-state index contributed by atoms with van der Waals surface area (Å²) >= 11 is 0. The van der Waals surface area contributed by atoms with E-state index < -0.39 is 0 Å². The average Bonchev–Trinajstić information content (AvgIpc) is 2.79. The van der Waals surface area contributed by atoms with Gasteiger partial charge in [0.15, 0.2) is 0 Å². The number of fused-ring (bicyclic) bond motifs is 3. The number of esters is 1. The molecule has 0 aliphatic heterocycles. The molecule has 0 amide bonds. The number of carbonyl (C=O) groups excluding carboxylic acids is 1. The number of benzene rings is 2. The van der Waals surface area contributed by atoms with Crippen LogP contribution in [0, 0.1) is 0 Å². The average molecular weight is 253 g/mol. The van der Waals surface area contributed by atoms with Crippen molar-refractivity contribution in [2.24, 2.45) is 5.73 Å². The van der Waals surface area contributed by atoms with Gasteiger partial charge in [-0.25, -0.2) is 4.79 Å². The zero-order valence-electron chi connectivity index (χ0n) is 10.7. The minimum Gasteiger partial charge on any atom is -0.465 e. The number of hydrogen-bond donors (Lipinski definition) is 1. The zero-order valence-corrected chi connectivity index (χ0v) is 10.7. The van der Waals surface area contributed by atoms with Gasteiger partial charge >= 0.3 is 5.97 Å². The summed E-state index contributed by atoms with van der Waals surface area (Å²) in [4.78, 5) is 11.6. The lowest BCUT2D eigenvalue weighted by Gasteiger charge is -2.11.